The highest BCUT2D eigenvalue weighted by Gasteiger charge is 2.28. The van der Waals surface area contributed by atoms with E-state index in [2.05, 4.69) is 28.1 Å². The summed E-state index contributed by atoms with van der Waals surface area (Å²) in [6.45, 7) is 5.52. The minimum Gasteiger partial charge on any atom is -0.353 e. The monoisotopic (exact) mass is 406 g/mol. The minimum absolute atomic E-state index is 0.0635. The van der Waals surface area contributed by atoms with Crippen LogP contribution in [0, 0.1) is 6.92 Å². The molecule has 0 unspecified atom stereocenters. The van der Waals surface area contributed by atoms with Gasteiger partial charge in [0, 0.05) is 45.3 Å². The Labute approximate surface area is 175 Å². The van der Waals surface area contributed by atoms with Gasteiger partial charge in [-0.3, -0.25) is 14.5 Å². The number of pyridine rings is 1. The van der Waals surface area contributed by atoms with Gasteiger partial charge in [-0.1, -0.05) is 6.07 Å². The molecule has 0 spiro atoms. The first-order valence-corrected chi connectivity index (χ1v) is 10.7. The van der Waals surface area contributed by atoms with Crippen molar-refractivity contribution in [1.82, 2.24) is 20.1 Å². The molecule has 156 valence electrons. The molecule has 3 fully saturated rings. The lowest BCUT2D eigenvalue weighted by Crippen LogP contribution is -2.49. The van der Waals surface area contributed by atoms with E-state index in [0.717, 1.165) is 25.3 Å². The third-order valence-corrected chi connectivity index (χ3v) is 6.21. The Morgan fingerprint density at radius 3 is 2.47 bits per heavy atom. The van der Waals surface area contributed by atoms with Gasteiger partial charge in [-0.15, -0.1) is 10.2 Å². The highest BCUT2D eigenvalue weighted by Crippen LogP contribution is 2.40. The molecule has 2 aromatic rings. The molecule has 0 N–H and O–H groups in total. The van der Waals surface area contributed by atoms with Crippen LogP contribution in [0.2, 0.25) is 0 Å². The number of nitrogens with zero attached hydrogens (tertiary/aromatic N) is 6. The van der Waals surface area contributed by atoms with Crippen LogP contribution in [0.3, 0.4) is 0 Å². The number of hydrogen-bond acceptors (Lipinski definition) is 6. The zero-order valence-electron chi connectivity index (χ0n) is 17.3. The summed E-state index contributed by atoms with van der Waals surface area (Å²) in [5.74, 6) is 2.19. The summed E-state index contributed by atoms with van der Waals surface area (Å²) in [5.41, 5.74) is 2.88. The van der Waals surface area contributed by atoms with Crippen molar-refractivity contribution in [3.05, 3.63) is 41.2 Å². The van der Waals surface area contributed by atoms with Crippen molar-refractivity contribution in [2.24, 2.45) is 0 Å². The van der Waals surface area contributed by atoms with E-state index in [1.165, 1.54) is 24.0 Å². The van der Waals surface area contributed by atoms with Crippen molar-refractivity contribution in [3.63, 3.8) is 0 Å². The fraction of sp³-hybridized carbons (Fsp3) is 0.500. The topological polar surface area (TPSA) is 82.5 Å². The van der Waals surface area contributed by atoms with Gasteiger partial charge in [0.15, 0.2) is 11.5 Å². The molecule has 30 heavy (non-hydrogen) atoms. The van der Waals surface area contributed by atoms with Crippen molar-refractivity contribution < 1.29 is 9.59 Å². The summed E-state index contributed by atoms with van der Waals surface area (Å²) in [6.07, 6.45) is 5.95. The number of aromatic nitrogens is 3. The van der Waals surface area contributed by atoms with Crippen LogP contribution in [0.15, 0.2) is 24.4 Å². The van der Waals surface area contributed by atoms with Gasteiger partial charge < -0.3 is 9.80 Å². The number of carbonyl (C=O) groups excluding carboxylic acids is 2. The highest BCUT2D eigenvalue weighted by molar-refractivity contribution is 5.95. The molecule has 1 saturated carbocycles. The summed E-state index contributed by atoms with van der Waals surface area (Å²) in [7, 11) is 0. The zero-order valence-corrected chi connectivity index (χ0v) is 17.3. The largest absolute Gasteiger partial charge is 0.353 e. The number of anilines is 2. The third-order valence-electron chi connectivity index (χ3n) is 6.21. The Morgan fingerprint density at radius 2 is 1.87 bits per heavy atom. The van der Waals surface area contributed by atoms with E-state index in [1.54, 1.807) is 17.0 Å². The van der Waals surface area contributed by atoms with Crippen LogP contribution in [0.1, 0.15) is 53.2 Å². The second-order valence-electron chi connectivity index (χ2n) is 8.39. The first-order chi connectivity index (χ1) is 14.6. The molecule has 2 aliphatic heterocycles. The quantitative estimate of drug-likeness (QED) is 0.774. The Bertz CT molecular complexity index is 964. The van der Waals surface area contributed by atoms with Gasteiger partial charge >= 0.3 is 0 Å². The SMILES string of the molecule is Cc1cc(C2CC2)cnc1N1CCN(C(=O)c2ccc(N3CCCC3=O)nn2)CC1. The molecular weight excluding hydrogens is 380 g/mol. The van der Waals surface area contributed by atoms with E-state index < -0.39 is 0 Å². The van der Waals surface area contributed by atoms with Crippen LogP contribution in [-0.2, 0) is 4.79 Å². The van der Waals surface area contributed by atoms with Crippen LogP contribution in [0.25, 0.3) is 0 Å². The highest BCUT2D eigenvalue weighted by atomic mass is 16.2. The van der Waals surface area contributed by atoms with Crippen LogP contribution in [-0.4, -0.2) is 64.6 Å². The van der Waals surface area contributed by atoms with Gasteiger partial charge in [-0.05, 0) is 55.4 Å². The van der Waals surface area contributed by atoms with Gasteiger partial charge in [0.25, 0.3) is 5.91 Å². The van der Waals surface area contributed by atoms with Gasteiger partial charge in [-0.25, -0.2) is 4.98 Å². The molecule has 8 heteroatoms. The molecule has 0 atom stereocenters. The van der Waals surface area contributed by atoms with Gasteiger partial charge in [0.2, 0.25) is 5.91 Å². The Morgan fingerprint density at radius 1 is 1.07 bits per heavy atom. The van der Waals surface area contributed by atoms with Crippen LogP contribution in [0.5, 0.6) is 0 Å². The summed E-state index contributed by atoms with van der Waals surface area (Å²) in [5, 5.41) is 8.21. The number of piperazine rings is 1. The van der Waals surface area contributed by atoms with Gasteiger partial charge in [0.05, 0.1) is 0 Å². The first kappa shape index (κ1) is 19.0. The summed E-state index contributed by atoms with van der Waals surface area (Å²) < 4.78 is 0. The second kappa shape index (κ2) is 7.66. The normalized spacial score (nSPS) is 19.5. The molecule has 2 amide bonds. The summed E-state index contributed by atoms with van der Waals surface area (Å²) in [4.78, 5) is 35.1. The Balaban J connectivity index is 1.21. The lowest BCUT2D eigenvalue weighted by atomic mass is 10.1. The first-order valence-electron chi connectivity index (χ1n) is 10.7. The second-order valence-corrected chi connectivity index (χ2v) is 8.39. The number of hydrogen-bond donors (Lipinski definition) is 0. The molecule has 8 nitrogen and oxygen atoms in total. The third kappa shape index (κ3) is 3.62. The number of rotatable bonds is 4. The fourth-order valence-electron chi connectivity index (χ4n) is 4.32. The molecule has 3 aliphatic rings. The predicted molar refractivity (Wildman–Crippen MR) is 113 cm³/mol. The molecule has 5 rings (SSSR count). The van der Waals surface area contributed by atoms with E-state index in [-0.39, 0.29) is 11.8 Å². The van der Waals surface area contributed by atoms with Crippen molar-refractivity contribution in [2.45, 2.75) is 38.5 Å². The van der Waals surface area contributed by atoms with E-state index in [4.69, 9.17) is 4.98 Å². The standard InChI is InChI=1S/C22H26N6O2/c1-15-13-17(16-4-5-16)14-23-21(15)26-9-11-27(12-10-26)22(30)18-6-7-19(25-24-18)28-8-2-3-20(28)29/h6-7,13-14,16H,2-5,8-12H2,1H3. The zero-order chi connectivity index (χ0) is 20.7. The van der Waals surface area contributed by atoms with Crippen LogP contribution >= 0.6 is 0 Å². The maximum Gasteiger partial charge on any atom is 0.274 e. The molecule has 4 heterocycles. The van der Waals surface area contributed by atoms with E-state index in [0.29, 0.717) is 43.5 Å². The lowest BCUT2D eigenvalue weighted by molar-refractivity contribution is -0.117. The van der Waals surface area contributed by atoms with Crippen molar-refractivity contribution in [1.29, 1.82) is 0 Å². The fourth-order valence-corrected chi connectivity index (χ4v) is 4.32. The molecule has 1 aliphatic carbocycles. The van der Waals surface area contributed by atoms with Crippen LogP contribution in [0.4, 0.5) is 11.6 Å². The maximum absolute atomic E-state index is 12.8. The van der Waals surface area contributed by atoms with Gasteiger partial charge in [-0.2, -0.15) is 0 Å². The molecule has 0 bridgehead atoms. The van der Waals surface area contributed by atoms with Gasteiger partial charge in [0.1, 0.15) is 5.82 Å². The molecule has 2 aromatic heterocycles. The number of carbonyl (C=O) groups is 2. The van der Waals surface area contributed by atoms with E-state index in [9.17, 15) is 9.59 Å². The summed E-state index contributed by atoms with van der Waals surface area (Å²) >= 11 is 0. The van der Waals surface area contributed by atoms with Crippen molar-refractivity contribution in [2.75, 3.05) is 42.5 Å². The molecular formula is C22H26N6O2. The minimum atomic E-state index is -0.116. The maximum atomic E-state index is 12.8. The average molecular weight is 406 g/mol. The Kier molecular flexibility index (Phi) is 4.84. The lowest BCUT2D eigenvalue weighted by Gasteiger charge is -2.36. The molecule has 0 radical (unpaired) electrons. The number of aryl methyl sites for hydroxylation is 1. The van der Waals surface area contributed by atoms with E-state index >= 15 is 0 Å². The van der Waals surface area contributed by atoms with Crippen molar-refractivity contribution >= 4 is 23.5 Å². The van der Waals surface area contributed by atoms with Crippen LogP contribution < -0.4 is 9.80 Å². The number of amides is 2. The van der Waals surface area contributed by atoms with Crippen molar-refractivity contribution in [3.8, 4) is 0 Å². The molecule has 0 aromatic carbocycles. The molecule has 2 saturated heterocycles. The predicted octanol–water partition coefficient (Wildman–Crippen LogP) is 2.15. The average Bonchev–Trinajstić information content (AvgIpc) is 3.54. The summed E-state index contributed by atoms with van der Waals surface area (Å²) in [6, 6.07) is 5.65. The smallest absolute Gasteiger partial charge is 0.274 e. The Hall–Kier alpha value is -3.03. The van der Waals surface area contributed by atoms with E-state index in [1.807, 2.05) is 11.1 Å².